The molecule has 0 atom stereocenters. The summed E-state index contributed by atoms with van der Waals surface area (Å²) in [5, 5.41) is 0. The number of nitrogens with two attached hydrogens (primary N) is 1. The second-order valence-electron chi connectivity index (χ2n) is 4.37. The molecule has 0 spiro atoms. The van der Waals surface area contributed by atoms with Crippen molar-refractivity contribution in [3.8, 4) is 0 Å². The molecule has 0 aliphatic carbocycles. The van der Waals surface area contributed by atoms with E-state index in [4.69, 9.17) is 10.2 Å². The molecule has 6 heteroatoms. The van der Waals surface area contributed by atoms with E-state index in [0.29, 0.717) is 17.3 Å². The molecular formula is C12H16N4O2. The van der Waals surface area contributed by atoms with E-state index >= 15 is 0 Å². The topological polar surface area (TPSA) is 75.6 Å². The van der Waals surface area contributed by atoms with Crippen molar-refractivity contribution in [1.29, 1.82) is 0 Å². The van der Waals surface area contributed by atoms with Crippen LogP contribution in [0.5, 0.6) is 0 Å². The first kappa shape index (κ1) is 12.2. The number of carbonyl (C=O) groups excluding carboxylic acids is 1. The Bertz CT molecular complexity index is 576. The molecule has 1 heterocycles. The van der Waals surface area contributed by atoms with E-state index in [1.807, 2.05) is 0 Å². The van der Waals surface area contributed by atoms with Crippen LogP contribution in [0, 0.1) is 0 Å². The quantitative estimate of drug-likeness (QED) is 0.818. The molecule has 0 saturated heterocycles. The summed E-state index contributed by atoms with van der Waals surface area (Å²) in [6.45, 7) is 0.218. The Balaban J connectivity index is 2.23. The van der Waals surface area contributed by atoms with Gasteiger partial charge in [0.2, 0.25) is 5.91 Å². The van der Waals surface area contributed by atoms with Crippen LogP contribution in [0.4, 0.5) is 11.7 Å². The third-order valence-electron chi connectivity index (χ3n) is 2.60. The van der Waals surface area contributed by atoms with Crippen LogP contribution < -0.4 is 10.6 Å². The minimum Gasteiger partial charge on any atom is -0.423 e. The number of oxazole rings is 1. The molecule has 0 aliphatic rings. The molecule has 0 aliphatic heterocycles. The highest BCUT2D eigenvalue weighted by molar-refractivity contribution is 5.82. The van der Waals surface area contributed by atoms with Gasteiger partial charge in [0.05, 0.1) is 0 Å². The fraction of sp³-hybridized carbons (Fsp3) is 0.333. The third kappa shape index (κ3) is 2.37. The lowest BCUT2D eigenvalue weighted by Crippen LogP contribution is -2.34. The van der Waals surface area contributed by atoms with Gasteiger partial charge in [0.15, 0.2) is 5.58 Å². The number of carbonyl (C=O) groups is 1. The van der Waals surface area contributed by atoms with Crippen LogP contribution >= 0.6 is 0 Å². The van der Waals surface area contributed by atoms with Gasteiger partial charge in [-0.2, -0.15) is 4.98 Å². The van der Waals surface area contributed by atoms with Crippen LogP contribution in [0.25, 0.3) is 11.1 Å². The average molecular weight is 248 g/mol. The zero-order chi connectivity index (χ0) is 13.3. The Labute approximate surface area is 105 Å². The zero-order valence-electron chi connectivity index (χ0n) is 10.7. The van der Waals surface area contributed by atoms with Crippen LogP contribution in [0.3, 0.4) is 0 Å². The van der Waals surface area contributed by atoms with Crippen LogP contribution in [0.1, 0.15) is 0 Å². The van der Waals surface area contributed by atoms with Crippen LogP contribution in [0.2, 0.25) is 0 Å². The Hall–Kier alpha value is -2.24. The maximum Gasteiger partial charge on any atom is 0.298 e. The van der Waals surface area contributed by atoms with Gasteiger partial charge in [-0.05, 0) is 12.1 Å². The Morgan fingerprint density at radius 1 is 1.39 bits per heavy atom. The molecule has 1 amide bonds. The molecule has 0 bridgehead atoms. The number of nitrogens with zero attached hydrogens (tertiary/aromatic N) is 3. The number of hydrogen-bond acceptors (Lipinski definition) is 5. The van der Waals surface area contributed by atoms with E-state index in [1.54, 1.807) is 44.2 Å². The molecule has 18 heavy (non-hydrogen) atoms. The van der Waals surface area contributed by atoms with Gasteiger partial charge < -0.3 is 20.0 Å². The van der Waals surface area contributed by atoms with Crippen molar-refractivity contribution in [2.24, 2.45) is 0 Å². The molecule has 1 aromatic carbocycles. The summed E-state index contributed by atoms with van der Waals surface area (Å²) in [6, 6.07) is 5.68. The second-order valence-corrected chi connectivity index (χ2v) is 4.37. The van der Waals surface area contributed by atoms with E-state index in [0.717, 1.165) is 5.52 Å². The summed E-state index contributed by atoms with van der Waals surface area (Å²) in [5.74, 6) is -0.0146. The number of benzene rings is 1. The predicted molar refractivity (Wildman–Crippen MR) is 70.4 cm³/mol. The molecule has 2 aromatic rings. The van der Waals surface area contributed by atoms with Gasteiger partial charge in [0.25, 0.3) is 6.01 Å². The van der Waals surface area contributed by atoms with Gasteiger partial charge >= 0.3 is 0 Å². The van der Waals surface area contributed by atoms with Gasteiger partial charge in [-0.25, -0.2) is 0 Å². The van der Waals surface area contributed by atoms with Crippen molar-refractivity contribution in [3.63, 3.8) is 0 Å². The molecule has 2 rings (SSSR count). The summed E-state index contributed by atoms with van der Waals surface area (Å²) >= 11 is 0. The Kier molecular flexibility index (Phi) is 3.10. The highest BCUT2D eigenvalue weighted by Gasteiger charge is 2.14. The molecule has 0 fully saturated rings. The summed E-state index contributed by atoms with van der Waals surface area (Å²) in [5.41, 5.74) is 7.63. The van der Waals surface area contributed by atoms with Gasteiger partial charge in [0.1, 0.15) is 12.1 Å². The summed E-state index contributed by atoms with van der Waals surface area (Å²) < 4.78 is 5.56. The number of amides is 1. The largest absolute Gasteiger partial charge is 0.423 e. The summed E-state index contributed by atoms with van der Waals surface area (Å²) in [6.07, 6.45) is 0. The van der Waals surface area contributed by atoms with Crippen molar-refractivity contribution < 1.29 is 9.21 Å². The van der Waals surface area contributed by atoms with E-state index in [2.05, 4.69) is 4.98 Å². The van der Waals surface area contributed by atoms with Gasteiger partial charge in [-0.15, -0.1) is 0 Å². The third-order valence-corrected chi connectivity index (χ3v) is 2.60. The summed E-state index contributed by atoms with van der Waals surface area (Å²) in [7, 11) is 5.18. The fourth-order valence-electron chi connectivity index (χ4n) is 1.50. The predicted octanol–water partition coefficient (Wildman–Crippen LogP) is 0.934. The maximum absolute atomic E-state index is 11.6. The van der Waals surface area contributed by atoms with E-state index in [1.165, 1.54) is 4.90 Å². The summed E-state index contributed by atoms with van der Waals surface area (Å²) in [4.78, 5) is 19.1. The Morgan fingerprint density at radius 2 is 2.11 bits per heavy atom. The van der Waals surface area contributed by atoms with Crippen molar-refractivity contribution in [3.05, 3.63) is 18.2 Å². The molecule has 0 unspecified atom stereocenters. The molecule has 6 nitrogen and oxygen atoms in total. The Morgan fingerprint density at radius 3 is 2.78 bits per heavy atom. The number of hydrogen-bond donors (Lipinski definition) is 1. The highest BCUT2D eigenvalue weighted by atomic mass is 16.4. The lowest BCUT2D eigenvalue weighted by Gasteiger charge is -2.16. The standard InChI is InChI=1S/C12H16N4O2/c1-15(2)11(17)7-16(3)12-14-9-5-4-8(13)6-10(9)18-12/h4-6H,7,13H2,1-3H3. The number of anilines is 2. The van der Waals surface area contributed by atoms with Crippen molar-refractivity contribution in [2.45, 2.75) is 0 Å². The van der Waals surface area contributed by atoms with E-state index < -0.39 is 0 Å². The van der Waals surface area contributed by atoms with Gasteiger partial charge in [-0.3, -0.25) is 4.79 Å². The zero-order valence-corrected chi connectivity index (χ0v) is 10.7. The fourth-order valence-corrected chi connectivity index (χ4v) is 1.50. The lowest BCUT2D eigenvalue weighted by molar-refractivity contribution is -0.127. The number of rotatable bonds is 3. The van der Waals surface area contributed by atoms with Crippen molar-refractivity contribution in [1.82, 2.24) is 9.88 Å². The lowest BCUT2D eigenvalue weighted by atomic mass is 10.3. The number of nitrogen functional groups attached to an aromatic ring is 1. The van der Waals surface area contributed by atoms with Gasteiger partial charge in [0, 0.05) is 32.9 Å². The first-order chi connectivity index (χ1) is 8.47. The molecular weight excluding hydrogens is 232 g/mol. The van der Waals surface area contributed by atoms with Gasteiger partial charge in [-0.1, -0.05) is 0 Å². The molecule has 2 N–H and O–H groups in total. The maximum atomic E-state index is 11.6. The van der Waals surface area contributed by atoms with E-state index in [-0.39, 0.29) is 12.5 Å². The number of aromatic nitrogens is 1. The molecule has 0 saturated carbocycles. The first-order valence-electron chi connectivity index (χ1n) is 5.54. The molecule has 96 valence electrons. The normalized spacial score (nSPS) is 10.6. The molecule has 1 aromatic heterocycles. The number of fused-ring (bicyclic) bond motifs is 1. The average Bonchev–Trinajstić information content (AvgIpc) is 2.71. The van der Waals surface area contributed by atoms with Crippen LogP contribution in [0.15, 0.2) is 22.6 Å². The smallest absolute Gasteiger partial charge is 0.298 e. The van der Waals surface area contributed by atoms with Crippen molar-refractivity contribution >= 4 is 28.7 Å². The van der Waals surface area contributed by atoms with Crippen LogP contribution in [-0.2, 0) is 4.79 Å². The highest BCUT2D eigenvalue weighted by Crippen LogP contribution is 2.22. The van der Waals surface area contributed by atoms with E-state index in [9.17, 15) is 4.79 Å². The second kappa shape index (κ2) is 4.56. The monoisotopic (exact) mass is 248 g/mol. The minimum atomic E-state index is -0.0146. The molecule has 0 radical (unpaired) electrons. The van der Waals surface area contributed by atoms with Crippen LogP contribution in [-0.4, -0.2) is 43.5 Å². The number of likely N-dealkylation sites (N-methyl/N-ethyl adjacent to an activating group) is 2. The first-order valence-corrected chi connectivity index (χ1v) is 5.54. The van der Waals surface area contributed by atoms with Crippen molar-refractivity contribution in [2.75, 3.05) is 38.3 Å². The SMILES string of the molecule is CN(C)C(=O)CN(C)c1nc2ccc(N)cc2o1. The minimum absolute atomic E-state index is 0.0146.